The minimum Gasteiger partial charge on any atom is -0.394 e. The normalized spacial score (nSPS) is 16.4. The molecule has 1 unspecified atom stereocenters. The maximum absolute atomic E-state index is 16.9. The Hall–Kier alpha value is -4.83. The highest BCUT2D eigenvalue weighted by Gasteiger charge is 2.54. The number of unbranched alkanes of at least 4 members (excludes halogenated alkanes) is 1. The van der Waals surface area contributed by atoms with E-state index in [0.29, 0.717) is 46.8 Å². The predicted molar refractivity (Wildman–Crippen MR) is 223 cm³/mol. The van der Waals surface area contributed by atoms with Crippen molar-refractivity contribution in [3.05, 3.63) is 74.9 Å². The fraction of sp³-hybridized carbons (Fsp3) is 0.487. The van der Waals surface area contributed by atoms with Crippen molar-refractivity contribution in [3.63, 3.8) is 0 Å². The molecule has 21 heteroatoms. The van der Waals surface area contributed by atoms with Crippen LogP contribution in [0.3, 0.4) is 0 Å². The fourth-order valence-corrected chi connectivity index (χ4v) is 8.68. The summed E-state index contributed by atoms with van der Waals surface area (Å²) in [6.07, 6.45) is 7.71. The third-order valence-electron chi connectivity index (χ3n) is 10.2. The van der Waals surface area contributed by atoms with Crippen LogP contribution < -0.4 is 16.0 Å². The van der Waals surface area contributed by atoms with Crippen LogP contribution in [0.15, 0.2) is 53.1 Å². The van der Waals surface area contributed by atoms with Gasteiger partial charge in [0.05, 0.1) is 52.3 Å². The van der Waals surface area contributed by atoms with Gasteiger partial charge in [-0.25, -0.2) is 0 Å². The van der Waals surface area contributed by atoms with Gasteiger partial charge in [0.15, 0.2) is 11.4 Å². The molecule has 0 saturated heterocycles. The van der Waals surface area contributed by atoms with Crippen LogP contribution in [0.5, 0.6) is 0 Å². The molecule has 3 aliphatic rings. The highest BCUT2D eigenvalue weighted by molar-refractivity contribution is 7.85. The van der Waals surface area contributed by atoms with Gasteiger partial charge in [-0.3, -0.25) is 33.4 Å². The molecule has 3 aliphatic heterocycles. The van der Waals surface area contributed by atoms with Crippen LogP contribution in [0.2, 0.25) is 0 Å². The maximum Gasteiger partial charge on any atom is 0.737 e. The molecule has 0 spiro atoms. The van der Waals surface area contributed by atoms with Crippen LogP contribution in [0.1, 0.15) is 60.4 Å². The summed E-state index contributed by atoms with van der Waals surface area (Å²) in [5.74, 6) is -3.86. The number of nitrogens with zero attached hydrogens (tertiary/aromatic N) is 4. The molecule has 60 heavy (non-hydrogen) atoms. The number of ether oxygens (including phenoxy) is 1. The van der Waals surface area contributed by atoms with Crippen LogP contribution >= 0.6 is 11.3 Å². The van der Waals surface area contributed by atoms with Gasteiger partial charge in [-0.1, -0.05) is 6.07 Å². The smallest absolute Gasteiger partial charge is 0.394 e. The van der Waals surface area contributed by atoms with E-state index < -0.39 is 52.5 Å². The second kappa shape index (κ2) is 19.7. The number of allylic oxidation sites excluding steroid dienone is 2. The largest absolute Gasteiger partial charge is 0.737 e. The molecule has 16 nitrogen and oxygen atoms in total. The lowest BCUT2D eigenvalue weighted by atomic mass is 9.88. The SMILES string of the molecule is Cc1cc(CCC(=O)NC(CS(=O)(=O)O)C(=O)NCCCCC(=O)NCCOCCN2C(=O)C=CC2=O)n2c1C=C1C(CCC[N+](C)(C)C)=CC(c3cccs3)=[N+]1[B-]2(F)F. The Morgan fingerprint density at radius 2 is 1.72 bits per heavy atom. The number of amides is 5. The van der Waals surface area contributed by atoms with Crippen molar-refractivity contribution in [2.45, 2.75) is 57.9 Å². The Morgan fingerprint density at radius 1 is 0.983 bits per heavy atom. The summed E-state index contributed by atoms with van der Waals surface area (Å²) in [5.41, 5.74) is 2.83. The maximum atomic E-state index is 16.9. The molecule has 4 N–H and O–H groups in total. The summed E-state index contributed by atoms with van der Waals surface area (Å²) in [5, 5.41) is 9.35. The van der Waals surface area contributed by atoms with E-state index in [0.717, 1.165) is 36.9 Å². The number of carbonyl (C=O) groups is 5. The molecule has 1 atom stereocenters. The monoisotopic (exact) mass is 876 g/mol. The first-order valence-corrected chi connectivity index (χ1v) is 22.3. The van der Waals surface area contributed by atoms with Crippen molar-refractivity contribution in [1.82, 2.24) is 25.3 Å². The van der Waals surface area contributed by atoms with Crippen molar-refractivity contribution in [3.8, 4) is 0 Å². The summed E-state index contributed by atoms with van der Waals surface area (Å²) in [7, 11) is 1.54. The van der Waals surface area contributed by atoms with Crippen LogP contribution in [0.25, 0.3) is 6.08 Å². The number of nitrogens with one attached hydrogen (secondary N) is 3. The molecule has 2 aromatic rings. The number of rotatable bonds is 23. The Labute approximate surface area is 352 Å². The summed E-state index contributed by atoms with van der Waals surface area (Å²) in [6.45, 7) is -1.20. The number of aromatic nitrogens is 1. The van der Waals surface area contributed by atoms with E-state index in [9.17, 15) is 36.9 Å². The third kappa shape index (κ3) is 12.1. The molecule has 0 fully saturated rings. The second-order valence-corrected chi connectivity index (χ2v) is 18.4. The standard InChI is InChI=1S/C39H52BF2N7O9S2/c1-27-23-29(47-31(27)25-32-28(9-7-19-49(2,3)4)24-33(34-10-8-22-59-34)48(32)40(47,41)42)12-13-36(51)45-30(26-60(55,56)57)39(54)44-16-6-5-11-35(50)43-17-20-58-21-18-46-37(52)14-15-38(46)53/h8,10,14-15,22-25,30H,5-7,9,11-13,16-21,26H2,1-4H3,(H3-,43,44,45,50,51,54,55,56,57)/p+1. The fourth-order valence-electron chi connectivity index (χ4n) is 7.28. The summed E-state index contributed by atoms with van der Waals surface area (Å²) < 4.78 is 75.2. The summed E-state index contributed by atoms with van der Waals surface area (Å²) in [4.78, 5) is 63.1. The lowest BCUT2D eigenvalue weighted by Crippen LogP contribution is -2.51. The van der Waals surface area contributed by atoms with Gasteiger partial charge >= 0.3 is 6.97 Å². The lowest BCUT2D eigenvalue weighted by molar-refractivity contribution is -0.870. The zero-order valence-corrected chi connectivity index (χ0v) is 35.9. The van der Waals surface area contributed by atoms with Gasteiger partial charge in [0, 0.05) is 67.9 Å². The lowest BCUT2D eigenvalue weighted by Gasteiger charge is -2.31. The molecule has 5 amide bonds. The Balaban J connectivity index is 1.12. The molecular formula is C39H53BF2N7O9S2+. The van der Waals surface area contributed by atoms with Crippen molar-refractivity contribution in [2.24, 2.45) is 0 Å². The van der Waals surface area contributed by atoms with Gasteiger partial charge in [-0.15, -0.1) is 11.3 Å². The zero-order chi connectivity index (χ0) is 43.8. The molecule has 5 heterocycles. The van der Waals surface area contributed by atoms with Crippen LogP contribution in [0.4, 0.5) is 8.63 Å². The molecular weight excluding hydrogens is 823 g/mol. The van der Waals surface area contributed by atoms with Gasteiger partial charge in [0.2, 0.25) is 17.7 Å². The number of aryl methyl sites for hydroxylation is 2. The molecule has 2 aromatic heterocycles. The van der Waals surface area contributed by atoms with E-state index in [-0.39, 0.29) is 63.7 Å². The molecule has 0 bridgehead atoms. The summed E-state index contributed by atoms with van der Waals surface area (Å²) in [6, 6.07) is 3.57. The van der Waals surface area contributed by atoms with E-state index >= 15 is 8.63 Å². The van der Waals surface area contributed by atoms with E-state index in [4.69, 9.17) is 4.74 Å². The highest BCUT2D eigenvalue weighted by Crippen LogP contribution is 2.40. The number of quaternary nitrogens is 1. The molecule has 0 aromatic carbocycles. The van der Waals surface area contributed by atoms with Crippen molar-refractivity contribution in [2.75, 3.05) is 66.3 Å². The quantitative estimate of drug-likeness (QED) is 0.0425. The highest BCUT2D eigenvalue weighted by atomic mass is 32.2. The molecule has 0 aliphatic carbocycles. The van der Waals surface area contributed by atoms with Crippen LogP contribution in [-0.2, 0) is 45.2 Å². The summed E-state index contributed by atoms with van der Waals surface area (Å²) >= 11 is 1.37. The van der Waals surface area contributed by atoms with Crippen molar-refractivity contribution in [1.29, 1.82) is 0 Å². The average molecular weight is 877 g/mol. The average Bonchev–Trinajstić information content (AvgIpc) is 3.95. The number of thiophene rings is 1. The van der Waals surface area contributed by atoms with E-state index in [1.54, 1.807) is 19.1 Å². The van der Waals surface area contributed by atoms with Crippen LogP contribution in [0, 0.1) is 6.92 Å². The molecule has 5 rings (SSSR count). The number of carbonyl (C=O) groups excluding carboxylic acids is 5. The number of fused-ring (bicyclic) bond motifs is 2. The molecule has 326 valence electrons. The number of hydrogen-bond donors (Lipinski definition) is 4. The number of halogens is 2. The van der Waals surface area contributed by atoms with E-state index in [1.165, 1.54) is 23.5 Å². The number of imide groups is 1. The van der Waals surface area contributed by atoms with Crippen molar-refractivity contribution < 1.29 is 59.3 Å². The minimum atomic E-state index is -4.72. The Bertz CT molecular complexity index is 2190. The van der Waals surface area contributed by atoms with Gasteiger partial charge in [-0.2, -0.15) is 8.42 Å². The van der Waals surface area contributed by atoms with E-state index in [1.807, 2.05) is 23.6 Å². The van der Waals surface area contributed by atoms with Crippen LogP contribution in [-0.4, -0.2) is 146 Å². The Morgan fingerprint density at radius 3 is 2.38 bits per heavy atom. The Kier molecular flexibility index (Phi) is 15.2. The zero-order valence-electron chi connectivity index (χ0n) is 34.2. The number of hydrogen-bond acceptors (Lipinski definition) is 9. The first-order chi connectivity index (χ1) is 28.2. The first-order valence-electron chi connectivity index (χ1n) is 19.8. The van der Waals surface area contributed by atoms with Gasteiger partial charge < -0.3 is 42.8 Å². The minimum absolute atomic E-state index is 0.0332. The van der Waals surface area contributed by atoms with Crippen molar-refractivity contribution >= 4 is 69.7 Å². The topological polar surface area (TPSA) is 196 Å². The predicted octanol–water partition coefficient (Wildman–Crippen LogP) is 2.01. The second-order valence-electron chi connectivity index (χ2n) is 16.0. The first kappa shape index (κ1) is 46.2. The van der Waals surface area contributed by atoms with Gasteiger partial charge in [0.1, 0.15) is 11.8 Å². The van der Waals surface area contributed by atoms with Gasteiger partial charge in [-0.05, 0) is 61.4 Å². The van der Waals surface area contributed by atoms with E-state index in [2.05, 4.69) is 37.1 Å². The molecule has 0 radical (unpaired) electrons. The van der Waals surface area contributed by atoms with Gasteiger partial charge in [0.25, 0.3) is 21.9 Å². The third-order valence-corrected chi connectivity index (χ3v) is 11.8. The molecule has 0 saturated carbocycles.